The Morgan fingerprint density at radius 2 is 1.50 bits per heavy atom. The van der Waals surface area contributed by atoms with E-state index < -0.39 is 6.10 Å². The van der Waals surface area contributed by atoms with Crippen molar-refractivity contribution in [3.63, 3.8) is 0 Å². The summed E-state index contributed by atoms with van der Waals surface area (Å²) in [5.41, 5.74) is 4.27. The molecule has 0 amide bonds. The van der Waals surface area contributed by atoms with E-state index in [-0.39, 0.29) is 0 Å². The first-order valence-electron chi connectivity index (χ1n) is 6.62. The van der Waals surface area contributed by atoms with Crippen LogP contribution in [-0.4, -0.2) is 5.11 Å². The third-order valence-corrected chi connectivity index (χ3v) is 4.28. The fourth-order valence-electron chi connectivity index (χ4n) is 2.29. The molecule has 3 rings (SSSR count). The molecule has 2 aromatic carbocycles. The number of hydrogen-bond donors (Lipinski definition) is 1. The highest BCUT2D eigenvalue weighted by molar-refractivity contribution is 7.10. The molecule has 1 atom stereocenters. The number of benzene rings is 2. The topological polar surface area (TPSA) is 20.2 Å². The largest absolute Gasteiger partial charge is 0.384 e. The maximum absolute atomic E-state index is 10.4. The van der Waals surface area contributed by atoms with Gasteiger partial charge in [0.1, 0.15) is 6.10 Å². The van der Waals surface area contributed by atoms with Gasteiger partial charge in [-0.2, -0.15) is 0 Å². The van der Waals surface area contributed by atoms with Crippen LogP contribution in [0, 0.1) is 6.92 Å². The maximum Gasteiger partial charge on any atom is 0.105 e. The highest BCUT2D eigenvalue weighted by Crippen LogP contribution is 2.28. The van der Waals surface area contributed by atoms with Crippen LogP contribution in [-0.2, 0) is 0 Å². The molecule has 1 N–H and O–H groups in total. The van der Waals surface area contributed by atoms with Crippen molar-refractivity contribution in [1.29, 1.82) is 0 Å². The summed E-state index contributed by atoms with van der Waals surface area (Å²) < 4.78 is 0. The van der Waals surface area contributed by atoms with Crippen LogP contribution in [0.1, 0.15) is 22.1 Å². The third kappa shape index (κ3) is 2.67. The molecule has 0 fully saturated rings. The smallest absolute Gasteiger partial charge is 0.105 e. The summed E-state index contributed by atoms with van der Waals surface area (Å²) in [6, 6.07) is 20.4. The zero-order chi connectivity index (χ0) is 13.9. The minimum atomic E-state index is -0.537. The van der Waals surface area contributed by atoms with Crippen LogP contribution in [0.5, 0.6) is 0 Å². The zero-order valence-corrected chi connectivity index (χ0v) is 12.1. The van der Waals surface area contributed by atoms with Crippen molar-refractivity contribution in [3.05, 3.63) is 82.0 Å². The van der Waals surface area contributed by atoms with Crippen molar-refractivity contribution >= 4 is 11.3 Å². The molecule has 20 heavy (non-hydrogen) atoms. The Labute approximate surface area is 123 Å². The van der Waals surface area contributed by atoms with E-state index in [1.165, 1.54) is 16.0 Å². The Bertz CT molecular complexity index is 683. The summed E-state index contributed by atoms with van der Waals surface area (Å²) in [7, 11) is 0. The standard InChI is InChI=1S/C18H16OS/c1-13-11-17(12-20-13)18(19)16-9-7-15(8-10-16)14-5-3-2-4-6-14/h2-12,18-19H,1H3. The van der Waals surface area contributed by atoms with E-state index in [2.05, 4.69) is 31.2 Å². The molecule has 100 valence electrons. The molecule has 0 saturated heterocycles. The van der Waals surface area contributed by atoms with Crippen LogP contribution in [0.2, 0.25) is 0 Å². The van der Waals surface area contributed by atoms with Crippen LogP contribution in [0.15, 0.2) is 66.0 Å². The van der Waals surface area contributed by atoms with E-state index in [1.807, 2.05) is 41.8 Å². The monoisotopic (exact) mass is 280 g/mol. The van der Waals surface area contributed by atoms with E-state index in [9.17, 15) is 5.11 Å². The molecule has 0 aliphatic rings. The van der Waals surface area contributed by atoms with Gasteiger partial charge in [-0.25, -0.2) is 0 Å². The van der Waals surface area contributed by atoms with Crippen molar-refractivity contribution in [2.24, 2.45) is 0 Å². The molecule has 1 nitrogen and oxygen atoms in total. The molecular formula is C18H16OS. The second-order valence-corrected chi connectivity index (χ2v) is 6.00. The summed E-state index contributed by atoms with van der Waals surface area (Å²) in [5.74, 6) is 0. The number of rotatable bonds is 3. The van der Waals surface area contributed by atoms with E-state index in [0.29, 0.717) is 0 Å². The van der Waals surface area contributed by atoms with Gasteiger partial charge in [-0.3, -0.25) is 0 Å². The lowest BCUT2D eigenvalue weighted by molar-refractivity contribution is 0.221. The van der Waals surface area contributed by atoms with Gasteiger partial charge in [0.15, 0.2) is 0 Å². The molecule has 0 spiro atoms. The van der Waals surface area contributed by atoms with Crippen LogP contribution >= 0.6 is 11.3 Å². The maximum atomic E-state index is 10.4. The summed E-state index contributed by atoms with van der Waals surface area (Å²) in [4.78, 5) is 1.22. The van der Waals surface area contributed by atoms with Crippen LogP contribution < -0.4 is 0 Å². The highest BCUT2D eigenvalue weighted by Gasteiger charge is 2.11. The lowest BCUT2D eigenvalue weighted by Crippen LogP contribution is -1.97. The van der Waals surface area contributed by atoms with Crippen molar-refractivity contribution in [2.75, 3.05) is 0 Å². The van der Waals surface area contributed by atoms with Crippen molar-refractivity contribution < 1.29 is 5.11 Å². The van der Waals surface area contributed by atoms with Crippen LogP contribution in [0.25, 0.3) is 11.1 Å². The molecule has 0 saturated carbocycles. The first-order chi connectivity index (χ1) is 9.74. The van der Waals surface area contributed by atoms with Gasteiger partial charge in [0.25, 0.3) is 0 Å². The number of aliphatic hydroxyl groups excluding tert-OH is 1. The van der Waals surface area contributed by atoms with Crippen molar-refractivity contribution in [1.82, 2.24) is 0 Å². The summed E-state index contributed by atoms with van der Waals surface area (Å²) >= 11 is 1.67. The number of aliphatic hydroxyl groups is 1. The van der Waals surface area contributed by atoms with Gasteiger partial charge >= 0.3 is 0 Å². The Hall–Kier alpha value is -1.90. The second-order valence-electron chi connectivity index (χ2n) is 4.88. The fraction of sp³-hybridized carbons (Fsp3) is 0.111. The van der Waals surface area contributed by atoms with Gasteiger partial charge in [-0.05, 0) is 40.6 Å². The normalized spacial score (nSPS) is 12.3. The highest BCUT2D eigenvalue weighted by atomic mass is 32.1. The minimum Gasteiger partial charge on any atom is -0.384 e. The van der Waals surface area contributed by atoms with Crippen molar-refractivity contribution in [3.8, 4) is 11.1 Å². The van der Waals surface area contributed by atoms with Gasteiger partial charge in [0.05, 0.1) is 0 Å². The quantitative estimate of drug-likeness (QED) is 0.730. The zero-order valence-electron chi connectivity index (χ0n) is 11.3. The lowest BCUT2D eigenvalue weighted by atomic mass is 9.99. The van der Waals surface area contributed by atoms with Gasteiger partial charge in [0, 0.05) is 4.88 Å². The number of hydrogen-bond acceptors (Lipinski definition) is 2. The van der Waals surface area contributed by atoms with Crippen LogP contribution in [0.3, 0.4) is 0 Å². The summed E-state index contributed by atoms with van der Waals surface area (Å²) in [6.07, 6.45) is -0.537. The molecule has 1 aromatic heterocycles. The van der Waals surface area contributed by atoms with Gasteiger partial charge < -0.3 is 5.11 Å². The third-order valence-electron chi connectivity index (χ3n) is 3.40. The molecule has 2 heteroatoms. The number of thiophene rings is 1. The Morgan fingerprint density at radius 3 is 2.10 bits per heavy atom. The SMILES string of the molecule is Cc1cc(C(O)c2ccc(-c3ccccc3)cc2)cs1. The van der Waals surface area contributed by atoms with E-state index in [4.69, 9.17) is 0 Å². The van der Waals surface area contributed by atoms with E-state index >= 15 is 0 Å². The lowest BCUT2D eigenvalue weighted by Gasteiger charge is -2.10. The first kappa shape index (κ1) is 13.1. The molecule has 3 aromatic rings. The molecule has 0 aliphatic carbocycles. The Morgan fingerprint density at radius 1 is 0.850 bits per heavy atom. The predicted molar refractivity (Wildman–Crippen MR) is 85.0 cm³/mol. The van der Waals surface area contributed by atoms with Gasteiger partial charge in [-0.15, -0.1) is 11.3 Å². The fourth-order valence-corrected chi connectivity index (χ4v) is 3.01. The van der Waals surface area contributed by atoms with E-state index in [1.54, 1.807) is 11.3 Å². The van der Waals surface area contributed by atoms with Crippen LogP contribution in [0.4, 0.5) is 0 Å². The summed E-state index contributed by atoms with van der Waals surface area (Å²) in [6.45, 7) is 2.05. The average Bonchev–Trinajstić information content (AvgIpc) is 2.94. The predicted octanol–water partition coefficient (Wildman–Crippen LogP) is 4.81. The second kappa shape index (κ2) is 5.61. The average molecular weight is 280 g/mol. The molecule has 0 aliphatic heterocycles. The van der Waals surface area contributed by atoms with Gasteiger partial charge in [-0.1, -0.05) is 54.6 Å². The molecule has 0 radical (unpaired) electrons. The van der Waals surface area contributed by atoms with Gasteiger partial charge in [0.2, 0.25) is 0 Å². The van der Waals surface area contributed by atoms with E-state index in [0.717, 1.165) is 11.1 Å². The Balaban J connectivity index is 1.86. The molecular weight excluding hydrogens is 264 g/mol. The first-order valence-corrected chi connectivity index (χ1v) is 7.50. The molecule has 1 unspecified atom stereocenters. The minimum absolute atomic E-state index is 0.537. The number of aryl methyl sites for hydroxylation is 1. The summed E-state index contributed by atoms with van der Waals surface area (Å²) in [5, 5.41) is 12.4. The molecule has 0 bridgehead atoms. The van der Waals surface area contributed by atoms with Crippen molar-refractivity contribution in [2.45, 2.75) is 13.0 Å². The molecule has 1 heterocycles. The Kier molecular flexibility index (Phi) is 3.68.